The highest BCUT2D eigenvalue weighted by molar-refractivity contribution is 6.21. The summed E-state index contributed by atoms with van der Waals surface area (Å²) >= 11 is 0. The Hall–Kier alpha value is -3.17. The molecule has 2 aliphatic rings. The topological polar surface area (TPSA) is 109 Å². The molecule has 2 aromatic heterocycles. The molecule has 2 aliphatic heterocycles. The zero-order valence-corrected chi connectivity index (χ0v) is 16.2. The van der Waals surface area contributed by atoms with Crippen molar-refractivity contribution in [1.82, 2.24) is 9.99 Å². The summed E-state index contributed by atoms with van der Waals surface area (Å²) < 4.78 is 16.4. The van der Waals surface area contributed by atoms with Gasteiger partial charge in [-0.25, -0.2) is 19.8 Å². The first kappa shape index (κ1) is 19.2. The van der Waals surface area contributed by atoms with E-state index in [2.05, 4.69) is 15.4 Å². The summed E-state index contributed by atoms with van der Waals surface area (Å²) in [7, 11) is 0. The third-order valence-electron chi connectivity index (χ3n) is 4.44. The summed E-state index contributed by atoms with van der Waals surface area (Å²) in [6.07, 6.45) is 4.59. The largest absolute Gasteiger partial charge is 0.504 e. The zero-order chi connectivity index (χ0) is 20.4. The molecule has 2 aromatic rings. The Bertz CT molecular complexity index is 973. The summed E-state index contributed by atoms with van der Waals surface area (Å²) in [5, 5.41) is 12.6. The van der Waals surface area contributed by atoms with Gasteiger partial charge in [0.2, 0.25) is 5.88 Å². The zero-order valence-electron chi connectivity index (χ0n) is 16.2. The highest BCUT2D eigenvalue weighted by atomic mass is 16.5. The van der Waals surface area contributed by atoms with Gasteiger partial charge in [0.15, 0.2) is 22.9 Å². The van der Waals surface area contributed by atoms with Gasteiger partial charge in [0.1, 0.15) is 0 Å². The fourth-order valence-electron chi connectivity index (χ4n) is 3.08. The summed E-state index contributed by atoms with van der Waals surface area (Å²) in [6, 6.07) is 3.68. The molecule has 152 valence electrons. The monoisotopic (exact) mass is 398 g/mol. The molecule has 1 fully saturated rings. The van der Waals surface area contributed by atoms with Crippen LogP contribution in [-0.4, -0.2) is 59.7 Å². The molecule has 0 aliphatic carbocycles. The second-order valence-electron chi connectivity index (χ2n) is 6.92. The molecule has 9 nitrogen and oxygen atoms in total. The number of ether oxygens (including phenoxy) is 2. The van der Waals surface area contributed by atoms with Crippen LogP contribution in [0.2, 0.25) is 0 Å². The lowest BCUT2D eigenvalue weighted by atomic mass is 10.1. The minimum atomic E-state index is -0.663. The number of hydrazine groups is 1. The van der Waals surface area contributed by atoms with Crippen molar-refractivity contribution in [2.75, 3.05) is 31.7 Å². The van der Waals surface area contributed by atoms with Gasteiger partial charge in [-0.2, -0.15) is 0 Å². The van der Waals surface area contributed by atoms with Gasteiger partial charge in [0.25, 0.3) is 0 Å². The van der Waals surface area contributed by atoms with Crippen molar-refractivity contribution in [3.8, 4) is 5.75 Å². The number of fused-ring (bicyclic) bond motifs is 1. The molecule has 0 amide bonds. The molecule has 0 spiro atoms. The van der Waals surface area contributed by atoms with E-state index in [1.807, 2.05) is 11.1 Å². The van der Waals surface area contributed by atoms with E-state index < -0.39 is 5.97 Å². The first-order valence-electron chi connectivity index (χ1n) is 9.40. The number of hydrogen-bond donors (Lipinski definition) is 2. The highest BCUT2D eigenvalue weighted by Crippen LogP contribution is 2.38. The minimum Gasteiger partial charge on any atom is -0.504 e. The van der Waals surface area contributed by atoms with Crippen molar-refractivity contribution >= 4 is 35.5 Å². The van der Waals surface area contributed by atoms with Gasteiger partial charge in [0.05, 0.1) is 19.3 Å². The predicted octanol–water partition coefficient (Wildman–Crippen LogP) is 2.86. The van der Waals surface area contributed by atoms with Crippen LogP contribution in [0, 0.1) is 0 Å². The maximum Gasteiger partial charge on any atom is 0.347 e. The Morgan fingerprint density at radius 3 is 2.93 bits per heavy atom. The number of furan rings is 1. The molecule has 0 aromatic carbocycles. The number of hydrogen-bond acceptors (Lipinski definition) is 9. The highest BCUT2D eigenvalue weighted by Gasteiger charge is 2.29. The van der Waals surface area contributed by atoms with Gasteiger partial charge in [-0.05, 0) is 32.1 Å². The fraction of sp³-hybridized carbons (Fsp3) is 0.350. The molecule has 0 radical (unpaired) electrons. The standard InChI is InChI=1S/C20H22N4O5/c1-12(2)28-20(26)16-17(25)15(29-19(16)23-24-6-8-27-9-7-24)10-13-11-22-18-14(13)4-3-5-21-18/h3-5,10-12,23,25H,6-9H2,1-2H3. The fourth-order valence-corrected chi connectivity index (χ4v) is 3.08. The second kappa shape index (κ2) is 8.06. The summed E-state index contributed by atoms with van der Waals surface area (Å²) in [6.45, 7) is 5.83. The van der Waals surface area contributed by atoms with E-state index in [0.29, 0.717) is 32.1 Å². The third kappa shape index (κ3) is 4.01. The Morgan fingerprint density at radius 1 is 1.38 bits per heavy atom. The van der Waals surface area contributed by atoms with Gasteiger partial charge < -0.3 is 19.0 Å². The van der Waals surface area contributed by atoms with Crippen molar-refractivity contribution in [2.45, 2.75) is 20.0 Å². The lowest BCUT2D eigenvalue weighted by molar-refractivity contribution is 0.0371. The van der Waals surface area contributed by atoms with Crippen LogP contribution in [0.4, 0.5) is 11.7 Å². The lowest BCUT2D eigenvalue weighted by Crippen LogP contribution is -2.40. The van der Waals surface area contributed by atoms with Crippen LogP contribution in [0.25, 0.3) is 11.6 Å². The van der Waals surface area contributed by atoms with Gasteiger partial charge >= 0.3 is 5.97 Å². The molecule has 0 unspecified atom stereocenters. The van der Waals surface area contributed by atoms with Crippen LogP contribution in [-0.2, 0) is 9.47 Å². The number of aliphatic imine (C=N–C) groups is 1. The Labute approximate surface area is 167 Å². The van der Waals surface area contributed by atoms with Gasteiger partial charge in [-0.1, -0.05) is 0 Å². The maximum absolute atomic E-state index is 12.6. The average molecular weight is 398 g/mol. The van der Waals surface area contributed by atoms with Crippen LogP contribution in [0.3, 0.4) is 0 Å². The number of pyridine rings is 1. The Kier molecular flexibility index (Phi) is 5.32. The van der Waals surface area contributed by atoms with Gasteiger partial charge in [-0.3, -0.25) is 5.43 Å². The molecule has 0 atom stereocenters. The van der Waals surface area contributed by atoms with Crippen LogP contribution >= 0.6 is 0 Å². The maximum atomic E-state index is 12.6. The molecule has 2 N–H and O–H groups in total. The van der Waals surface area contributed by atoms with Gasteiger partial charge in [0, 0.05) is 36.6 Å². The van der Waals surface area contributed by atoms with Crippen LogP contribution in [0.15, 0.2) is 27.7 Å². The quantitative estimate of drug-likeness (QED) is 0.740. The third-order valence-corrected chi connectivity index (χ3v) is 4.44. The molecule has 4 heterocycles. The SMILES string of the molecule is CC(C)OC(=O)c1c(NN2CCOCC2)oc(C=C2C=Nc3ncccc32)c1O. The number of anilines is 1. The molecule has 0 bridgehead atoms. The van der Waals surface area contributed by atoms with E-state index in [1.54, 1.807) is 38.4 Å². The van der Waals surface area contributed by atoms with Crippen LogP contribution in [0.1, 0.15) is 35.5 Å². The predicted molar refractivity (Wildman–Crippen MR) is 107 cm³/mol. The lowest BCUT2D eigenvalue weighted by Gasteiger charge is -2.26. The van der Waals surface area contributed by atoms with E-state index in [1.165, 1.54) is 0 Å². The van der Waals surface area contributed by atoms with Crippen molar-refractivity contribution < 1.29 is 23.8 Å². The number of carbonyl (C=O) groups is 1. The van der Waals surface area contributed by atoms with Crippen molar-refractivity contribution in [3.05, 3.63) is 35.2 Å². The number of nitrogens with one attached hydrogen (secondary N) is 1. The molecule has 1 saturated heterocycles. The van der Waals surface area contributed by atoms with Crippen LogP contribution in [0.5, 0.6) is 5.75 Å². The number of allylic oxidation sites excluding steroid dienone is 1. The number of rotatable bonds is 5. The molecule has 0 saturated carbocycles. The molecule has 4 rings (SSSR count). The number of aromatic hydroxyl groups is 1. The number of carbonyl (C=O) groups excluding carboxylic acids is 1. The second-order valence-corrected chi connectivity index (χ2v) is 6.92. The Balaban J connectivity index is 1.70. The van der Waals surface area contributed by atoms with Crippen molar-refractivity contribution in [1.29, 1.82) is 0 Å². The van der Waals surface area contributed by atoms with Crippen molar-refractivity contribution in [2.24, 2.45) is 4.99 Å². The number of morpholine rings is 1. The number of aromatic nitrogens is 1. The number of nitrogens with zero attached hydrogens (tertiary/aromatic N) is 3. The van der Waals surface area contributed by atoms with E-state index >= 15 is 0 Å². The Morgan fingerprint density at radius 2 is 2.17 bits per heavy atom. The first-order valence-corrected chi connectivity index (χ1v) is 9.40. The normalized spacial score (nSPS) is 17.7. The minimum absolute atomic E-state index is 0.0432. The van der Waals surface area contributed by atoms with Crippen LogP contribution < -0.4 is 5.43 Å². The van der Waals surface area contributed by atoms with E-state index in [9.17, 15) is 9.90 Å². The summed E-state index contributed by atoms with van der Waals surface area (Å²) in [5.74, 6) is -0.0952. The summed E-state index contributed by atoms with van der Waals surface area (Å²) in [5.41, 5.74) is 4.55. The number of esters is 1. The van der Waals surface area contributed by atoms with E-state index in [-0.39, 0.29) is 29.1 Å². The smallest absolute Gasteiger partial charge is 0.347 e. The molecular formula is C20H22N4O5. The van der Waals surface area contributed by atoms with E-state index in [4.69, 9.17) is 13.9 Å². The molecule has 29 heavy (non-hydrogen) atoms. The molecular weight excluding hydrogens is 376 g/mol. The first-order chi connectivity index (χ1) is 14.0. The van der Waals surface area contributed by atoms with Crippen molar-refractivity contribution in [3.63, 3.8) is 0 Å². The van der Waals surface area contributed by atoms with E-state index in [0.717, 1.165) is 11.1 Å². The molecule has 9 heteroatoms. The summed E-state index contributed by atoms with van der Waals surface area (Å²) in [4.78, 5) is 21.0. The van der Waals surface area contributed by atoms with Gasteiger partial charge in [-0.15, -0.1) is 0 Å². The average Bonchev–Trinajstić information content (AvgIpc) is 3.24.